The molecule has 0 N–H and O–H groups in total. The molecular weight excluding hydrogens is 582 g/mol. The van der Waals surface area contributed by atoms with Gasteiger partial charge in [0.2, 0.25) is 0 Å². The lowest BCUT2D eigenvalue weighted by Gasteiger charge is -2.25. The van der Waals surface area contributed by atoms with E-state index in [0.29, 0.717) is 39.6 Å². The van der Waals surface area contributed by atoms with Gasteiger partial charge in [-0.05, 0) is 75.9 Å². The molecule has 0 saturated heterocycles. The quantitative estimate of drug-likeness (QED) is 0.0552. The van der Waals surface area contributed by atoms with E-state index in [2.05, 4.69) is 145 Å². The summed E-state index contributed by atoms with van der Waals surface area (Å²) < 4.78 is 21.7. The third-order valence-corrected chi connectivity index (χ3v) is 7.49. The van der Waals surface area contributed by atoms with Crippen LogP contribution in [0.5, 0.6) is 0 Å². The van der Waals surface area contributed by atoms with Crippen LogP contribution in [0.25, 0.3) is 11.6 Å². The van der Waals surface area contributed by atoms with Crippen LogP contribution in [0, 0.1) is 0 Å². The number of ether oxygens (including phenoxy) is 4. The third-order valence-electron chi connectivity index (χ3n) is 7.49. The van der Waals surface area contributed by atoms with Crippen molar-refractivity contribution in [2.24, 2.45) is 0 Å². The third kappa shape index (κ3) is 9.81. The van der Waals surface area contributed by atoms with Crippen molar-refractivity contribution in [3.05, 3.63) is 187 Å². The number of para-hydroxylation sites is 1. The number of hydrogen-bond donors (Lipinski definition) is 0. The van der Waals surface area contributed by atoms with Crippen LogP contribution in [0.1, 0.15) is 27.8 Å². The number of rotatable bonds is 18. The number of benzene rings is 5. The summed E-state index contributed by atoms with van der Waals surface area (Å²) in [5.74, 6) is 0. The minimum atomic E-state index is 0.497. The monoisotopic (exact) mass is 623 g/mol. The van der Waals surface area contributed by atoms with Gasteiger partial charge in [0.15, 0.2) is 0 Å². The first-order valence-corrected chi connectivity index (χ1v) is 15.8. The Hall–Kier alpha value is -5.36. The van der Waals surface area contributed by atoms with Gasteiger partial charge in [-0.1, -0.05) is 110 Å². The Balaban J connectivity index is 1.37. The van der Waals surface area contributed by atoms with E-state index in [-0.39, 0.29) is 0 Å². The molecule has 0 saturated carbocycles. The smallest absolute Gasteiger partial charge is 0.111 e. The number of anilines is 3. The van der Waals surface area contributed by atoms with Gasteiger partial charge >= 0.3 is 0 Å². The van der Waals surface area contributed by atoms with Gasteiger partial charge in [0.25, 0.3) is 0 Å². The molecule has 0 aliphatic carbocycles. The van der Waals surface area contributed by atoms with Crippen molar-refractivity contribution in [3.63, 3.8) is 0 Å². The lowest BCUT2D eigenvalue weighted by Crippen LogP contribution is -2.10. The van der Waals surface area contributed by atoms with Crippen LogP contribution in [0.15, 0.2) is 159 Å². The molecule has 0 amide bonds. The summed E-state index contributed by atoms with van der Waals surface area (Å²) in [6.07, 6.45) is 5.11. The van der Waals surface area contributed by atoms with E-state index >= 15 is 0 Å². The van der Waals surface area contributed by atoms with E-state index in [4.69, 9.17) is 18.9 Å². The van der Waals surface area contributed by atoms with Crippen LogP contribution >= 0.6 is 0 Å². The van der Waals surface area contributed by atoms with Crippen molar-refractivity contribution in [2.45, 2.75) is 13.2 Å². The highest BCUT2D eigenvalue weighted by Crippen LogP contribution is 2.35. The second-order valence-electron chi connectivity index (χ2n) is 10.7. The Morgan fingerprint density at radius 3 is 1.47 bits per heavy atom. The molecule has 238 valence electrons. The fraction of sp³-hybridized carbons (Fsp3) is 0.143. The first kappa shape index (κ1) is 33.0. The van der Waals surface area contributed by atoms with Crippen molar-refractivity contribution in [1.29, 1.82) is 0 Å². The SMILES string of the molecule is C=COCCOCc1ccc(/C(=C/c2ccc(N(c3ccccc3)c3ccc(COCCOC=C)cc3)cc2)c2ccccc2)cc1. The molecule has 0 unspecified atom stereocenters. The number of nitrogens with zero attached hydrogens (tertiary/aromatic N) is 1. The zero-order valence-corrected chi connectivity index (χ0v) is 26.7. The Morgan fingerprint density at radius 2 is 0.936 bits per heavy atom. The molecule has 5 nitrogen and oxygen atoms in total. The van der Waals surface area contributed by atoms with Crippen LogP contribution in [0.2, 0.25) is 0 Å². The van der Waals surface area contributed by atoms with Crippen molar-refractivity contribution in [2.75, 3.05) is 31.3 Å². The normalized spacial score (nSPS) is 11.1. The van der Waals surface area contributed by atoms with E-state index in [1.165, 1.54) is 12.5 Å². The Bertz CT molecular complexity index is 1680. The van der Waals surface area contributed by atoms with E-state index in [1.54, 1.807) is 0 Å². The van der Waals surface area contributed by atoms with E-state index < -0.39 is 0 Å². The lowest BCUT2D eigenvalue weighted by molar-refractivity contribution is 0.0750. The summed E-state index contributed by atoms with van der Waals surface area (Å²) in [6, 6.07) is 46.7. The van der Waals surface area contributed by atoms with Gasteiger partial charge in [-0.15, -0.1) is 0 Å². The maximum Gasteiger partial charge on any atom is 0.111 e. The average molecular weight is 624 g/mol. The standard InChI is InChI=1S/C42H41NO4/c1-3-44-27-29-46-32-35-15-21-38(22-16-35)42(37-11-7-5-8-12-37)31-34-17-23-40(24-18-34)43(39-13-9-6-10-14-39)41-25-19-36(20-26-41)33-47-30-28-45-4-2/h3-26,31H,1-2,27-30,32-33H2/b42-31+. The minimum Gasteiger partial charge on any atom is -0.499 e. The first-order valence-electron chi connectivity index (χ1n) is 15.8. The van der Waals surface area contributed by atoms with Crippen LogP contribution in [-0.4, -0.2) is 26.4 Å². The molecule has 0 radical (unpaired) electrons. The molecule has 0 bridgehead atoms. The van der Waals surface area contributed by atoms with E-state index in [0.717, 1.165) is 50.5 Å². The topological polar surface area (TPSA) is 40.2 Å². The molecule has 0 fully saturated rings. The maximum atomic E-state index is 5.73. The predicted molar refractivity (Wildman–Crippen MR) is 193 cm³/mol. The van der Waals surface area contributed by atoms with Crippen molar-refractivity contribution in [1.82, 2.24) is 0 Å². The highest BCUT2D eigenvalue weighted by atomic mass is 16.5. The van der Waals surface area contributed by atoms with Crippen LogP contribution in [-0.2, 0) is 32.2 Å². The molecule has 5 aromatic rings. The highest BCUT2D eigenvalue weighted by molar-refractivity contribution is 5.91. The molecule has 0 aliphatic heterocycles. The maximum absolute atomic E-state index is 5.73. The molecule has 0 heterocycles. The molecular formula is C42H41NO4. The summed E-state index contributed by atoms with van der Waals surface area (Å²) in [6.45, 7) is 10.2. The molecule has 47 heavy (non-hydrogen) atoms. The van der Waals surface area contributed by atoms with E-state index in [1.807, 2.05) is 12.1 Å². The summed E-state index contributed by atoms with van der Waals surface area (Å²) in [4.78, 5) is 2.26. The van der Waals surface area contributed by atoms with Crippen molar-refractivity contribution < 1.29 is 18.9 Å². The molecule has 0 aliphatic rings. The van der Waals surface area contributed by atoms with Gasteiger partial charge in [0, 0.05) is 17.1 Å². The minimum absolute atomic E-state index is 0.497. The molecule has 0 atom stereocenters. The van der Waals surface area contributed by atoms with Gasteiger partial charge in [-0.25, -0.2) is 0 Å². The summed E-state index contributed by atoms with van der Waals surface area (Å²) in [5, 5.41) is 0. The van der Waals surface area contributed by atoms with Gasteiger partial charge in [0.1, 0.15) is 13.2 Å². The Kier molecular flexibility index (Phi) is 12.6. The molecule has 0 aromatic heterocycles. The van der Waals surface area contributed by atoms with Crippen LogP contribution in [0.4, 0.5) is 17.1 Å². The lowest BCUT2D eigenvalue weighted by atomic mass is 9.95. The summed E-state index contributed by atoms with van der Waals surface area (Å²) >= 11 is 0. The first-order chi connectivity index (χ1) is 23.2. The van der Waals surface area contributed by atoms with E-state index in [9.17, 15) is 0 Å². The zero-order chi connectivity index (χ0) is 32.5. The summed E-state index contributed by atoms with van der Waals surface area (Å²) in [5.41, 5.74) is 10.0. The Morgan fingerprint density at radius 1 is 0.489 bits per heavy atom. The predicted octanol–water partition coefficient (Wildman–Crippen LogP) is 10.1. The highest BCUT2D eigenvalue weighted by Gasteiger charge is 2.13. The Labute approximate surface area is 278 Å². The molecule has 5 aromatic carbocycles. The fourth-order valence-corrected chi connectivity index (χ4v) is 5.14. The fourth-order valence-electron chi connectivity index (χ4n) is 5.14. The van der Waals surface area contributed by atoms with Crippen LogP contribution in [0.3, 0.4) is 0 Å². The second-order valence-corrected chi connectivity index (χ2v) is 10.7. The molecule has 0 spiro atoms. The van der Waals surface area contributed by atoms with Crippen LogP contribution < -0.4 is 4.90 Å². The molecule has 5 rings (SSSR count). The molecule has 5 heteroatoms. The van der Waals surface area contributed by atoms with Crippen molar-refractivity contribution in [3.8, 4) is 0 Å². The second kappa shape index (κ2) is 18.0. The van der Waals surface area contributed by atoms with Gasteiger partial charge in [-0.2, -0.15) is 0 Å². The average Bonchev–Trinajstić information content (AvgIpc) is 3.13. The summed E-state index contributed by atoms with van der Waals surface area (Å²) in [7, 11) is 0. The largest absolute Gasteiger partial charge is 0.499 e. The van der Waals surface area contributed by atoms with Gasteiger partial charge < -0.3 is 23.8 Å². The van der Waals surface area contributed by atoms with Gasteiger partial charge in [-0.3, -0.25) is 0 Å². The number of hydrogen-bond acceptors (Lipinski definition) is 5. The van der Waals surface area contributed by atoms with Gasteiger partial charge in [0.05, 0.1) is 39.0 Å². The van der Waals surface area contributed by atoms with Crippen molar-refractivity contribution >= 4 is 28.7 Å². The zero-order valence-electron chi connectivity index (χ0n) is 26.7.